The molecule has 0 bridgehead atoms. The lowest BCUT2D eigenvalue weighted by atomic mass is 10.2. The maximum absolute atomic E-state index is 5.50. The summed E-state index contributed by atoms with van der Waals surface area (Å²) >= 11 is 5.50. The second-order valence-electron chi connectivity index (χ2n) is 5.15. The van der Waals surface area contributed by atoms with Crippen LogP contribution in [0.1, 0.15) is 12.8 Å². The molecule has 1 saturated heterocycles. The Morgan fingerprint density at radius 2 is 1.89 bits per heavy atom. The van der Waals surface area contributed by atoms with E-state index in [0.717, 1.165) is 22.8 Å². The summed E-state index contributed by atoms with van der Waals surface area (Å²) in [5, 5.41) is 4.70. The van der Waals surface area contributed by atoms with E-state index >= 15 is 0 Å². The number of rotatable bonds is 3. The summed E-state index contributed by atoms with van der Waals surface area (Å²) in [6, 6.07) is 10.2. The zero-order valence-corrected chi connectivity index (χ0v) is 12.0. The molecular formula is C14H19N4S+. The molecule has 1 fully saturated rings. The van der Waals surface area contributed by atoms with E-state index in [-0.39, 0.29) is 0 Å². The van der Waals surface area contributed by atoms with Crippen LogP contribution in [-0.2, 0) is 13.7 Å². The monoisotopic (exact) mass is 275 g/mol. The van der Waals surface area contributed by atoms with E-state index in [0.29, 0.717) is 0 Å². The maximum Gasteiger partial charge on any atom is 0.202 e. The highest BCUT2D eigenvalue weighted by molar-refractivity contribution is 7.71. The third-order valence-electron chi connectivity index (χ3n) is 3.76. The fraction of sp³-hybridized carbons (Fsp3) is 0.429. The molecule has 3 rings (SSSR count). The Morgan fingerprint density at radius 3 is 2.58 bits per heavy atom. The SMILES string of the molecule is Cn1c(-c2ccccc2)nn(C[NH+]2CCCC2)c1=S. The van der Waals surface area contributed by atoms with Crippen molar-refractivity contribution < 1.29 is 4.90 Å². The van der Waals surface area contributed by atoms with Crippen LogP contribution in [0.25, 0.3) is 11.4 Å². The first-order valence-electron chi connectivity index (χ1n) is 6.78. The minimum Gasteiger partial charge on any atom is -0.316 e. The van der Waals surface area contributed by atoms with Gasteiger partial charge in [0.25, 0.3) is 0 Å². The summed E-state index contributed by atoms with van der Waals surface area (Å²) in [6.45, 7) is 3.36. The molecule has 5 heteroatoms. The van der Waals surface area contributed by atoms with Crippen molar-refractivity contribution in [2.45, 2.75) is 19.5 Å². The van der Waals surface area contributed by atoms with Crippen LogP contribution in [0, 0.1) is 4.77 Å². The number of quaternary nitrogens is 1. The van der Waals surface area contributed by atoms with Crippen molar-refractivity contribution in [3.8, 4) is 11.4 Å². The standard InChI is InChI=1S/C14H18N4S/c1-16-13(12-7-3-2-4-8-12)15-18(14(16)19)11-17-9-5-6-10-17/h2-4,7-8H,5-6,9-11H2,1H3/p+1. The molecule has 0 aliphatic carbocycles. The van der Waals surface area contributed by atoms with Gasteiger partial charge in [-0.2, -0.15) is 4.68 Å². The zero-order chi connectivity index (χ0) is 13.2. The molecule has 0 unspecified atom stereocenters. The van der Waals surface area contributed by atoms with Gasteiger partial charge in [0.2, 0.25) is 4.77 Å². The molecule has 0 amide bonds. The maximum atomic E-state index is 5.50. The highest BCUT2D eigenvalue weighted by atomic mass is 32.1. The van der Waals surface area contributed by atoms with E-state index in [9.17, 15) is 0 Å². The number of benzene rings is 1. The molecule has 1 N–H and O–H groups in total. The number of aromatic nitrogens is 3. The van der Waals surface area contributed by atoms with Gasteiger partial charge in [-0.05, 0) is 12.2 Å². The van der Waals surface area contributed by atoms with Crippen LogP contribution in [0.15, 0.2) is 30.3 Å². The Kier molecular flexibility index (Phi) is 3.48. The first-order chi connectivity index (χ1) is 9.25. The zero-order valence-electron chi connectivity index (χ0n) is 11.2. The number of hydrogen-bond donors (Lipinski definition) is 1. The Hall–Kier alpha value is -1.46. The summed E-state index contributed by atoms with van der Waals surface area (Å²) < 4.78 is 4.77. The molecule has 1 aliphatic heterocycles. The van der Waals surface area contributed by atoms with Crippen LogP contribution < -0.4 is 4.90 Å². The first-order valence-corrected chi connectivity index (χ1v) is 7.19. The highest BCUT2D eigenvalue weighted by Gasteiger charge is 2.18. The molecule has 0 radical (unpaired) electrons. The smallest absolute Gasteiger partial charge is 0.202 e. The fourth-order valence-corrected chi connectivity index (χ4v) is 2.87. The van der Waals surface area contributed by atoms with Gasteiger partial charge in [-0.15, -0.1) is 5.10 Å². The summed E-state index contributed by atoms with van der Waals surface area (Å²) in [5.41, 5.74) is 1.12. The molecule has 0 atom stereocenters. The highest BCUT2D eigenvalue weighted by Crippen LogP contribution is 2.16. The Labute approximate surface area is 118 Å². The molecule has 2 heterocycles. The Morgan fingerprint density at radius 1 is 1.21 bits per heavy atom. The van der Waals surface area contributed by atoms with Crippen molar-refractivity contribution in [1.29, 1.82) is 0 Å². The quantitative estimate of drug-likeness (QED) is 0.854. The van der Waals surface area contributed by atoms with Gasteiger partial charge in [0.15, 0.2) is 12.5 Å². The van der Waals surface area contributed by atoms with Crippen LogP contribution in [0.2, 0.25) is 0 Å². The van der Waals surface area contributed by atoms with Crippen molar-refractivity contribution in [3.63, 3.8) is 0 Å². The molecule has 1 aromatic heterocycles. The van der Waals surface area contributed by atoms with Crippen LogP contribution in [0.5, 0.6) is 0 Å². The van der Waals surface area contributed by atoms with E-state index in [2.05, 4.69) is 12.1 Å². The van der Waals surface area contributed by atoms with Crippen LogP contribution in [0.3, 0.4) is 0 Å². The molecule has 19 heavy (non-hydrogen) atoms. The Balaban J connectivity index is 1.93. The fourth-order valence-electron chi connectivity index (χ4n) is 2.67. The number of nitrogens with one attached hydrogen (secondary N) is 1. The molecule has 1 aliphatic rings. The first kappa shape index (κ1) is 12.6. The van der Waals surface area contributed by atoms with Gasteiger partial charge in [-0.3, -0.25) is 0 Å². The number of hydrogen-bond acceptors (Lipinski definition) is 2. The minimum atomic E-state index is 0.804. The molecular weight excluding hydrogens is 256 g/mol. The third kappa shape index (κ3) is 2.48. The average Bonchev–Trinajstić information content (AvgIpc) is 3.04. The van der Waals surface area contributed by atoms with E-state index in [4.69, 9.17) is 17.3 Å². The summed E-state index contributed by atoms with van der Waals surface area (Å²) in [5.74, 6) is 0.948. The predicted molar refractivity (Wildman–Crippen MR) is 77.4 cm³/mol. The predicted octanol–water partition coefficient (Wildman–Crippen LogP) is 1.25. The second kappa shape index (κ2) is 5.27. The van der Waals surface area contributed by atoms with Crippen molar-refractivity contribution >= 4 is 12.2 Å². The lowest BCUT2D eigenvalue weighted by Crippen LogP contribution is -3.09. The van der Waals surface area contributed by atoms with E-state index < -0.39 is 0 Å². The number of nitrogens with zero attached hydrogens (tertiary/aromatic N) is 3. The lowest BCUT2D eigenvalue weighted by molar-refractivity contribution is -0.911. The third-order valence-corrected chi connectivity index (χ3v) is 4.24. The molecule has 2 aromatic rings. The number of likely N-dealkylation sites (tertiary alicyclic amines) is 1. The van der Waals surface area contributed by atoms with Crippen molar-refractivity contribution in [2.75, 3.05) is 13.1 Å². The molecule has 1 aromatic carbocycles. The normalized spacial score (nSPS) is 16.1. The van der Waals surface area contributed by atoms with Gasteiger partial charge in [0.1, 0.15) is 0 Å². The molecule has 100 valence electrons. The topological polar surface area (TPSA) is 27.2 Å². The van der Waals surface area contributed by atoms with Gasteiger partial charge < -0.3 is 9.47 Å². The average molecular weight is 275 g/mol. The summed E-state index contributed by atoms with van der Waals surface area (Å²) in [7, 11) is 1.99. The van der Waals surface area contributed by atoms with E-state index in [1.54, 1.807) is 4.90 Å². The molecule has 0 saturated carbocycles. The van der Waals surface area contributed by atoms with Gasteiger partial charge in [-0.25, -0.2) is 0 Å². The van der Waals surface area contributed by atoms with Crippen LogP contribution in [-0.4, -0.2) is 27.4 Å². The van der Waals surface area contributed by atoms with E-state index in [1.807, 2.05) is 34.5 Å². The van der Waals surface area contributed by atoms with Crippen LogP contribution >= 0.6 is 12.2 Å². The van der Waals surface area contributed by atoms with Gasteiger partial charge >= 0.3 is 0 Å². The lowest BCUT2D eigenvalue weighted by Gasteiger charge is -2.10. The Bertz CT molecular complexity index is 608. The van der Waals surface area contributed by atoms with Crippen LogP contribution in [0.4, 0.5) is 0 Å². The van der Waals surface area contributed by atoms with Gasteiger partial charge in [0, 0.05) is 25.5 Å². The van der Waals surface area contributed by atoms with Gasteiger partial charge in [-0.1, -0.05) is 30.3 Å². The second-order valence-corrected chi connectivity index (χ2v) is 5.51. The van der Waals surface area contributed by atoms with Crippen molar-refractivity contribution in [2.24, 2.45) is 7.05 Å². The summed E-state index contributed by atoms with van der Waals surface area (Å²) in [6.07, 6.45) is 2.64. The minimum absolute atomic E-state index is 0.804. The van der Waals surface area contributed by atoms with Crippen molar-refractivity contribution in [3.05, 3.63) is 35.1 Å². The van der Waals surface area contributed by atoms with Gasteiger partial charge in [0.05, 0.1) is 13.1 Å². The summed E-state index contributed by atoms with van der Waals surface area (Å²) in [4.78, 5) is 1.58. The molecule has 0 spiro atoms. The van der Waals surface area contributed by atoms with E-state index in [1.165, 1.54) is 25.9 Å². The largest absolute Gasteiger partial charge is 0.316 e. The van der Waals surface area contributed by atoms with Crippen molar-refractivity contribution in [1.82, 2.24) is 14.3 Å². The molecule has 4 nitrogen and oxygen atoms in total.